The van der Waals surface area contributed by atoms with Gasteiger partial charge in [-0.25, -0.2) is 0 Å². The van der Waals surface area contributed by atoms with Crippen LogP contribution in [-0.2, 0) is 11.3 Å². The Labute approximate surface area is 136 Å². The normalized spacial score (nSPS) is 14.0. The lowest BCUT2D eigenvalue weighted by Crippen LogP contribution is -2.27. The first kappa shape index (κ1) is 15.5. The van der Waals surface area contributed by atoms with Crippen LogP contribution in [0, 0.1) is 0 Å². The van der Waals surface area contributed by atoms with Gasteiger partial charge < -0.3 is 15.5 Å². The quantitative estimate of drug-likeness (QED) is 0.860. The Morgan fingerprint density at radius 2 is 1.74 bits per heavy atom. The number of nitrogens with zero attached hydrogens (tertiary/aromatic N) is 2. The third-order valence-corrected chi connectivity index (χ3v) is 3.99. The highest BCUT2D eigenvalue weighted by Crippen LogP contribution is 2.21. The molecule has 5 heteroatoms. The molecule has 3 rings (SSSR count). The van der Waals surface area contributed by atoms with Crippen molar-refractivity contribution in [3.8, 4) is 0 Å². The van der Waals surface area contributed by atoms with Crippen molar-refractivity contribution in [3.05, 3.63) is 54.4 Å². The van der Waals surface area contributed by atoms with Crippen LogP contribution < -0.4 is 15.5 Å². The number of rotatable bonds is 6. The third-order valence-electron chi connectivity index (χ3n) is 3.99. The van der Waals surface area contributed by atoms with Gasteiger partial charge in [0.05, 0.1) is 6.54 Å². The van der Waals surface area contributed by atoms with Crippen molar-refractivity contribution in [2.24, 2.45) is 0 Å². The van der Waals surface area contributed by atoms with Gasteiger partial charge in [-0.1, -0.05) is 0 Å². The topological polar surface area (TPSA) is 57.3 Å². The molecule has 5 nitrogen and oxygen atoms in total. The Morgan fingerprint density at radius 3 is 2.43 bits per heavy atom. The second-order valence-electron chi connectivity index (χ2n) is 5.75. The molecular formula is C18H22N4O. The second kappa shape index (κ2) is 7.74. The van der Waals surface area contributed by atoms with E-state index in [9.17, 15) is 4.79 Å². The van der Waals surface area contributed by atoms with Gasteiger partial charge >= 0.3 is 0 Å². The number of pyridine rings is 1. The minimum absolute atomic E-state index is 0.0343. The number of hydrogen-bond donors (Lipinski definition) is 2. The average molecular weight is 310 g/mol. The molecule has 1 aliphatic rings. The predicted molar refractivity (Wildman–Crippen MR) is 92.5 cm³/mol. The summed E-state index contributed by atoms with van der Waals surface area (Å²) in [5, 5.41) is 6.04. The number of aromatic nitrogens is 1. The van der Waals surface area contributed by atoms with Gasteiger partial charge in [-0.15, -0.1) is 0 Å². The highest BCUT2D eigenvalue weighted by molar-refractivity contribution is 5.92. The monoisotopic (exact) mass is 310 g/mol. The van der Waals surface area contributed by atoms with Crippen molar-refractivity contribution in [2.75, 3.05) is 29.9 Å². The number of carbonyl (C=O) groups excluding carboxylic acids is 1. The lowest BCUT2D eigenvalue weighted by atomic mass is 10.2. The van der Waals surface area contributed by atoms with E-state index >= 15 is 0 Å². The van der Waals surface area contributed by atoms with E-state index in [1.54, 1.807) is 12.4 Å². The molecule has 0 saturated carbocycles. The van der Waals surface area contributed by atoms with Crippen molar-refractivity contribution < 1.29 is 4.79 Å². The molecular weight excluding hydrogens is 288 g/mol. The molecule has 120 valence electrons. The van der Waals surface area contributed by atoms with Gasteiger partial charge in [0, 0.05) is 43.4 Å². The van der Waals surface area contributed by atoms with E-state index in [-0.39, 0.29) is 12.5 Å². The molecule has 23 heavy (non-hydrogen) atoms. The smallest absolute Gasteiger partial charge is 0.238 e. The summed E-state index contributed by atoms with van der Waals surface area (Å²) >= 11 is 0. The van der Waals surface area contributed by atoms with E-state index in [0.717, 1.165) is 24.3 Å². The van der Waals surface area contributed by atoms with Gasteiger partial charge in [0.25, 0.3) is 0 Å². The van der Waals surface area contributed by atoms with Crippen LogP contribution in [0.2, 0.25) is 0 Å². The highest BCUT2D eigenvalue weighted by atomic mass is 16.1. The summed E-state index contributed by atoms with van der Waals surface area (Å²) in [5.41, 5.74) is 3.18. The van der Waals surface area contributed by atoms with Crippen LogP contribution >= 0.6 is 0 Å². The van der Waals surface area contributed by atoms with Gasteiger partial charge in [0.1, 0.15) is 0 Å². The summed E-state index contributed by atoms with van der Waals surface area (Å²) in [6.07, 6.45) is 6.03. The zero-order valence-corrected chi connectivity index (χ0v) is 13.2. The number of carbonyl (C=O) groups is 1. The average Bonchev–Trinajstić information content (AvgIpc) is 3.11. The fourth-order valence-electron chi connectivity index (χ4n) is 2.76. The molecule has 2 aromatic rings. The molecule has 0 unspecified atom stereocenters. The third kappa shape index (κ3) is 4.53. The van der Waals surface area contributed by atoms with Crippen molar-refractivity contribution in [2.45, 2.75) is 19.4 Å². The first-order valence-corrected chi connectivity index (χ1v) is 8.06. The summed E-state index contributed by atoms with van der Waals surface area (Å²) in [4.78, 5) is 18.3. The van der Waals surface area contributed by atoms with Crippen LogP contribution in [-0.4, -0.2) is 30.5 Å². The maximum Gasteiger partial charge on any atom is 0.238 e. The Kier molecular flexibility index (Phi) is 5.21. The zero-order valence-electron chi connectivity index (χ0n) is 13.2. The van der Waals surface area contributed by atoms with Gasteiger partial charge in [0.15, 0.2) is 0 Å². The molecule has 1 aliphatic heterocycles. The Morgan fingerprint density at radius 1 is 1.04 bits per heavy atom. The van der Waals surface area contributed by atoms with Crippen molar-refractivity contribution in [1.82, 2.24) is 10.3 Å². The summed E-state index contributed by atoms with van der Waals surface area (Å²) in [6, 6.07) is 11.9. The first-order valence-electron chi connectivity index (χ1n) is 8.06. The van der Waals surface area contributed by atoms with E-state index in [4.69, 9.17) is 0 Å². The summed E-state index contributed by atoms with van der Waals surface area (Å²) in [6.45, 7) is 3.20. The van der Waals surface area contributed by atoms with E-state index in [1.807, 2.05) is 24.3 Å². The maximum absolute atomic E-state index is 11.9. The standard InChI is InChI=1S/C18H22N4O/c23-18(14-20-13-15-7-9-19-10-8-15)21-16-3-5-17(6-4-16)22-11-1-2-12-22/h3-10,20H,1-2,11-14H2,(H,21,23). The Balaban J connectivity index is 1.44. The molecule has 0 bridgehead atoms. The van der Waals surface area contributed by atoms with Crippen LogP contribution in [0.5, 0.6) is 0 Å². The van der Waals surface area contributed by atoms with Crippen LogP contribution in [0.15, 0.2) is 48.8 Å². The van der Waals surface area contributed by atoms with Gasteiger partial charge in [-0.2, -0.15) is 0 Å². The SMILES string of the molecule is O=C(CNCc1ccncc1)Nc1ccc(N2CCCC2)cc1. The molecule has 0 aliphatic carbocycles. The highest BCUT2D eigenvalue weighted by Gasteiger charge is 2.12. The summed E-state index contributed by atoms with van der Waals surface area (Å²) < 4.78 is 0. The van der Waals surface area contributed by atoms with Crippen LogP contribution in [0.1, 0.15) is 18.4 Å². The number of amides is 1. The Bertz CT molecular complexity index is 621. The molecule has 2 N–H and O–H groups in total. The van der Waals surface area contributed by atoms with Crippen LogP contribution in [0.4, 0.5) is 11.4 Å². The fourth-order valence-corrected chi connectivity index (χ4v) is 2.76. The van der Waals surface area contributed by atoms with E-state index in [2.05, 4.69) is 32.7 Å². The number of hydrogen-bond acceptors (Lipinski definition) is 4. The first-order chi connectivity index (χ1) is 11.3. The lowest BCUT2D eigenvalue weighted by Gasteiger charge is -2.17. The number of anilines is 2. The molecule has 0 spiro atoms. The molecule has 0 atom stereocenters. The van der Waals surface area contributed by atoms with E-state index < -0.39 is 0 Å². The zero-order chi connectivity index (χ0) is 15.9. The molecule has 1 fully saturated rings. The second-order valence-corrected chi connectivity index (χ2v) is 5.75. The molecule has 0 radical (unpaired) electrons. The largest absolute Gasteiger partial charge is 0.372 e. The fraction of sp³-hybridized carbons (Fsp3) is 0.333. The minimum atomic E-state index is -0.0343. The molecule has 1 aromatic heterocycles. The summed E-state index contributed by atoms with van der Waals surface area (Å²) in [5.74, 6) is -0.0343. The molecule has 1 saturated heterocycles. The van der Waals surface area contributed by atoms with Gasteiger partial charge in [-0.05, 0) is 54.8 Å². The predicted octanol–water partition coefficient (Wildman–Crippen LogP) is 2.41. The molecule has 2 heterocycles. The van der Waals surface area contributed by atoms with Crippen molar-refractivity contribution >= 4 is 17.3 Å². The summed E-state index contributed by atoms with van der Waals surface area (Å²) in [7, 11) is 0. The molecule has 1 aromatic carbocycles. The van der Waals surface area contributed by atoms with Gasteiger partial charge in [-0.3, -0.25) is 9.78 Å². The van der Waals surface area contributed by atoms with Crippen LogP contribution in [0.3, 0.4) is 0 Å². The maximum atomic E-state index is 11.9. The van der Waals surface area contributed by atoms with E-state index in [1.165, 1.54) is 18.5 Å². The number of nitrogens with one attached hydrogen (secondary N) is 2. The van der Waals surface area contributed by atoms with Crippen LogP contribution in [0.25, 0.3) is 0 Å². The lowest BCUT2D eigenvalue weighted by molar-refractivity contribution is -0.115. The Hall–Kier alpha value is -2.40. The van der Waals surface area contributed by atoms with Crippen molar-refractivity contribution in [3.63, 3.8) is 0 Å². The van der Waals surface area contributed by atoms with Crippen molar-refractivity contribution in [1.29, 1.82) is 0 Å². The minimum Gasteiger partial charge on any atom is -0.372 e. The molecule has 1 amide bonds. The van der Waals surface area contributed by atoms with Gasteiger partial charge in [0.2, 0.25) is 5.91 Å². The van der Waals surface area contributed by atoms with E-state index in [0.29, 0.717) is 6.54 Å². The number of benzene rings is 1.